The SMILES string of the molecule is ClCCOCCN1CCC2(CCCCC2)CC1. The average molecular weight is 260 g/mol. The van der Waals surface area contributed by atoms with Crippen molar-refractivity contribution in [3.05, 3.63) is 0 Å². The molecule has 0 atom stereocenters. The summed E-state index contributed by atoms with van der Waals surface area (Å²) in [5.41, 5.74) is 0.728. The first-order valence-electron chi connectivity index (χ1n) is 7.21. The van der Waals surface area contributed by atoms with Gasteiger partial charge in [-0.05, 0) is 44.2 Å². The predicted molar refractivity (Wildman–Crippen MR) is 72.7 cm³/mol. The molecule has 0 N–H and O–H groups in total. The van der Waals surface area contributed by atoms with Gasteiger partial charge in [-0.15, -0.1) is 11.6 Å². The molecule has 0 unspecified atom stereocenters. The van der Waals surface area contributed by atoms with Crippen LogP contribution >= 0.6 is 11.6 Å². The summed E-state index contributed by atoms with van der Waals surface area (Å²) in [5.74, 6) is 0.614. The molecule has 1 spiro atoms. The first-order valence-corrected chi connectivity index (χ1v) is 7.74. The van der Waals surface area contributed by atoms with Gasteiger partial charge in [0.25, 0.3) is 0 Å². The third kappa shape index (κ3) is 4.11. The zero-order valence-electron chi connectivity index (χ0n) is 10.9. The Labute approximate surface area is 111 Å². The molecule has 1 aliphatic heterocycles. The van der Waals surface area contributed by atoms with E-state index in [1.807, 2.05) is 0 Å². The fourth-order valence-electron chi connectivity index (χ4n) is 3.40. The van der Waals surface area contributed by atoms with Crippen LogP contribution in [0.2, 0.25) is 0 Å². The van der Waals surface area contributed by atoms with Gasteiger partial charge in [0.1, 0.15) is 0 Å². The summed E-state index contributed by atoms with van der Waals surface area (Å²) in [7, 11) is 0. The van der Waals surface area contributed by atoms with Crippen molar-refractivity contribution in [2.75, 3.05) is 38.7 Å². The Hall–Kier alpha value is 0.210. The molecule has 0 bridgehead atoms. The summed E-state index contributed by atoms with van der Waals surface area (Å²) in [6.45, 7) is 5.19. The lowest BCUT2D eigenvalue weighted by atomic mass is 9.68. The minimum Gasteiger partial charge on any atom is -0.379 e. The highest BCUT2D eigenvalue weighted by Gasteiger charge is 2.35. The van der Waals surface area contributed by atoms with Crippen molar-refractivity contribution in [2.24, 2.45) is 5.41 Å². The van der Waals surface area contributed by atoms with Gasteiger partial charge in [-0.25, -0.2) is 0 Å². The van der Waals surface area contributed by atoms with Crippen LogP contribution in [0.4, 0.5) is 0 Å². The molecule has 1 heterocycles. The third-order valence-electron chi connectivity index (χ3n) is 4.60. The second-order valence-electron chi connectivity index (χ2n) is 5.70. The van der Waals surface area contributed by atoms with Crippen LogP contribution in [0.1, 0.15) is 44.9 Å². The largest absolute Gasteiger partial charge is 0.379 e. The molecular weight excluding hydrogens is 234 g/mol. The van der Waals surface area contributed by atoms with Crippen LogP contribution in [0.15, 0.2) is 0 Å². The minimum atomic E-state index is 0.614. The molecule has 17 heavy (non-hydrogen) atoms. The van der Waals surface area contributed by atoms with Crippen LogP contribution in [-0.2, 0) is 4.74 Å². The second-order valence-corrected chi connectivity index (χ2v) is 6.08. The molecule has 100 valence electrons. The highest BCUT2D eigenvalue weighted by molar-refractivity contribution is 6.17. The van der Waals surface area contributed by atoms with Crippen LogP contribution in [0.3, 0.4) is 0 Å². The first-order chi connectivity index (χ1) is 8.35. The summed E-state index contributed by atoms with van der Waals surface area (Å²) in [6, 6.07) is 0. The van der Waals surface area contributed by atoms with Gasteiger partial charge in [0, 0.05) is 12.4 Å². The molecule has 3 heteroatoms. The third-order valence-corrected chi connectivity index (χ3v) is 4.76. The number of alkyl halides is 1. The van der Waals surface area contributed by atoms with Gasteiger partial charge in [-0.3, -0.25) is 0 Å². The maximum Gasteiger partial charge on any atom is 0.0602 e. The van der Waals surface area contributed by atoms with Gasteiger partial charge < -0.3 is 9.64 Å². The number of rotatable bonds is 5. The van der Waals surface area contributed by atoms with E-state index in [1.54, 1.807) is 0 Å². The molecule has 1 saturated heterocycles. The van der Waals surface area contributed by atoms with Crippen molar-refractivity contribution in [3.63, 3.8) is 0 Å². The fraction of sp³-hybridized carbons (Fsp3) is 1.00. The molecule has 0 radical (unpaired) electrons. The summed E-state index contributed by atoms with van der Waals surface area (Å²) < 4.78 is 5.45. The van der Waals surface area contributed by atoms with Crippen molar-refractivity contribution in [2.45, 2.75) is 44.9 Å². The number of halogens is 1. The van der Waals surface area contributed by atoms with Crippen LogP contribution in [-0.4, -0.2) is 43.6 Å². The Bertz CT molecular complexity index is 206. The zero-order chi connectivity index (χ0) is 12.0. The number of piperidine rings is 1. The normalized spacial score (nSPS) is 25.2. The summed E-state index contributed by atoms with van der Waals surface area (Å²) in [4.78, 5) is 2.56. The Morgan fingerprint density at radius 3 is 2.29 bits per heavy atom. The number of nitrogens with zero attached hydrogens (tertiary/aromatic N) is 1. The van der Waals surface area contributed by atoms with Crippen LogP contribution in [0.5, 0.6) is 0 Å². The molecule has 0 aromatic heterocycles. The van der Waals surface area contributed by atoms with Crippen molar-refractivity contribution < 1.29 is 4.74 Å². The van der Waals surface area contributed by atoms with Crippen LogP contribution in [0.25, 0.3) is 0 Å². The highest BCUT2D eigenvalue weighted by Crippen LogP contribution is 2.44. The van der Waals surface area contributed by atoms with E-state index in [0.717, 1.165) is 18.6 Å². The number of hydrogen-bond acceptors (Lipinski definition) is 2. The highest BCUT2D eigenvalue weighted by atomic mass is 35.5. The second kappa shape index (κ2) is 6.96. The molecule has 0 aromatic rings. The topological polar surface area (TPSA) is 12.5 Å². The molecule has 2 rings (SSSR count). The lowest BCUT2D eigenvalue weighted by Crippen LogP contribution is -2.42. The van der Waals surface area contributed by atoms with Crippen molar-refractivity contribution in [1.29, 1.82) is 0 Å². The van der Waals surface area contributed by atoms with Gasteiger partial charge in [0.05, 0.1) is 13.2 Å². The van der Waals surface area contributed by atoms with E-state index in [-0.39, 0.29) is 0 Å². The smallest absolute Gasteiger partial charge is 0.0602 e. The van der Waals surface area contributed by atoms with Crippen molar-refractivity contribution >= 4 is 11.6 Å². The summed E-state index contributed by atoms with van der Waals surface area (Å²) >= 11 is 5.58. The number of ether oxygens (including phenoxy) is 1. The fourth-order valence-corrected chi connectivity index (χ4v) is 3.51. The molecular formula is C14H26ClNO. The Kier molecular flexibility index (Phi) is 5.58. The van der Waals surface area contributed by atoms with E-state index in [1.165, 1.54) is 58.0 Å². The van der Waals surface area contributed by atoms with Crippen molar-refractivity contribution in [1.82, 2.24) is 4.90 Å². The summed E-state index contributed by atoms with van der Waals surface area (Å²) in [5, 5.41) is 0. The quantitative estimate of drug-likeness (QED) is 0.555. The van der Waals surface area contributed by atoms with E-state index in [9.17, 15) is 0 Å². The molecule has 1 saturated carbocycles. The van der Waals surface area contributed by atoms with Gasteiger partial charge in [-0.2, -0.15) is 0 Å². The van der Waals surface area contributed by atoms with Gasteiger partial charge in [0.15, 0.2) is 0 Å². The average Bonchev–Trinajstić information content (AvgIpc) is 2.38. The standard InChI is InChI=1S/C14H26ClNO/c15-8-12-17-13-11-16-9-6-14(7-10-16)4-2-1-3-5-14/h1-13H2. The predicted octanol–water partition coefficient (Wildman–Crippen LogP) is 3.29. The van der Waals surface area contributed by atoms with Gasteiger partial charge in [0.2, 0.25) is 0 Å². The minimum absolute atomic E-state index is 0.614. The molecule has 0 amide bonds. The lowest BCUT2D eigenvalue weighted by Gasteiger charge is -2.44. The lowest BCUT2D eigenvalue weighted by molar-refractivity contribution is 0.0464. The summed E-state index contributed by atoms with van der Waals surface area (Å²) in [6.07, 6.45) is 10.2. The van der Waals surface area contributed by atoms with Gasteiger partial charge in [-0.1, -0.05) is 19.3 Å². The van der Waals surface area contributed by atoms with Crippen LogP contribution < -0.4 is 0 Å². The van der Waals surface area contributed by atoms with E-state index in [2.05, 4.69) is 4.90 Å². The Balaban J connectivity index is 1.63. The first kappa shape index (κ1) is 13.6. The van der Waals surface area contributed by atoms with Gasteiger partial charge >= 0.3 is 0 Å². The molecule has 2 nitrogen and oxygen atoms in total. The number of likely N-dealkylation sites (tertiary alicyclic amines) is 1. The van der Waals surface area contributed by atoms with Crippen molar-refractivity contribution in [3.8, 4) is 0 Å². The molecule has 2 aliphatic rings. The van der Waals surface area contributed by atoms with Crippen LogP contribution in [0, 0.1) is 5.41 Å². The van der Waals surface area contributed by atoms with E-state index < -0.39 is 0 Å². The monoisotopic (exact) mass is 259 g/mol. The molecule has 2 fully saturated rings. The maximum absolute atomic E-state index is 5.58. The zero-order valence-corrected chi connectivity index (χ0v) is 11.7. The number of hydrogen-bond donors (Lipinski definition) is 0. The Morgan fingerprint density at radius 1 is 0.941 bits per heavy atom. The Morgan fingerprint density at radius 2 is 1.65 bits per heavy atom. The molecule has 1 aliphatic carbocycles. The van der Waals surface area contributed by atoms with E-state index in [0.29, 0.717) is 12.5 Å². The van der Waals surface area contributed by atoms with E-state index in [4.69, 9.17) is 16.3 Å². The van der Waals surface area contributed by atoms with E-state index >= 15 is 0 Å². The maximum atomic E-state index is 5.58. The molecule has 0 aromatic carbocycles.